The first-order valence-electron chi connectivity index (χ1n) is 6.96. The summed E-state index contributed by atoms with van der Waals surface area (Å²) in [6, 6.07) is 7.56. The van der Waals surface area contributed by atoms with Gasteiger partial charge in [0, 0.05) is 19.5 Å². The van der Waals surface area contributed by atoms with Crippen LogP contribution in [0, 0.1) is 5.92 Å². The summed E-state index contributed by atoms with van der Waals surface area (Å²) in [7, 11) is 0. The number of ether oxygens (including phenoxy) is 1. The van der Waals surface area contributed by atoms with E-state index in [2.05, 4.69) is 15.9 Å². The van der Waals surface area contributed by atoms with E-state index in [0.29, 0.717) is 39.0 Å². The molecule has 1 amide bonds. The highest BCUT2D eigenvalue weighted by atomic mass is 79.9. The number of hydrogen-bond acceptors (Lipinski definition) is 3. The average molecular weight is 356 g/mol. The summed E-state index contributed by atoms with van der Waals surface area (Å²) >= 11 is 3.40. The summed E-state index contributed by atoms with van der Waals surface area (Å²) < 4.78 is 6.49. The van der Waals surface area contributed by atoms with Crippen molar-refractivity contribution in [2.24, 2.45) is 5.92 Å². The van der Waals surface area contributed by atoms with Crippen molar-refractivity contribution in [3.05, 3.63) is 28.7 Å². The van der Waals surface area contributed by atoms with Crippen molar-refractivity contribution in [1.82, 2.24) is 4.90 Å². The maximum absolute atomic E-state index is 12.0. The van der Waals surface area contributed by atoms with Crippen LogP contribution in [0.25, 0.3) is 0 Å². The van der Waals surface area contributed by atoms with Crippen LogP contribution >= 0.6 is 15.9 Å². The molecule has 1 atom stereocenters. The Morgan fingerprint density at radius 1 is 1.38 bits per heavy atom. The molecule has 1 heterocycles. The van der Waals surface area contributed by atoms with Crippen LogP contribution in [-0.4, -0.2) is 41.6 Å². The van der Waals surface area contributed by atoms with Gasteiger partial charge in [-0.1, -0.05) is 12.1 Å². The second kappa shape index (κ2) is 7.45. The van der Waals surface area contributed by atoms with Crippen molar-refractivity contribution >= 4 is 27.8 Å². The molecule has 1 aliphatic rings. The SMILES string of the molecule is O=C(O)[C@H]1CCN(C(=O)CCCOc2ccccc2Br)C1. The number of para-hydroxylation sites is 1. The van der Waals surface area contributed by atoms with E-state index < -0.39 is 11.9 Å². The van der Waals surface area contributed by atoms with Gasteiger partial charge in [-0.25, -0.2) is 0 Å². The van der Waals surface area contributed by atoms with Crippen molar-refractivity contribution in [2.75, 3.05) is 19.7 Å². The molecule has 1 aromatic rings. The molecule has 114 valence electrons. The third kappa shape index (κ3) is 4.46. The first kappa shape index (κ1) is 15.8. The van der Waals surface area contributed by atoms with E-state index in [1.165, 1.54) is 0 Å². The standard InChI is InChI=1S/C15H18BrNO4/c16-12-4-1-2-5-13(12)21-9-3-6-14(18)17-8-7-11(10-17)15(19)20/h1-2,4-5,11H,3,6-10H2,(H,19,20)/t11-/m0/s1. The molecule has 1 saturated heterocycles. The Labute approximate surface area is 132 Å². The number of carbonyl (C=O) groups excluding carboxylic acids is 1. The largest absolute Gasteiger partial charge is 0.492 e. The van der Waals surface area contributed by atoms with Crippen LogP contribution in [-0.2, 0) is 9.59 Å². The molecule has 1 aromatic carbocycles. The molecule has 0 saturated carbocycles. The predicted octanol–water partition coefficient (Wildman–Crippen LogP) is 2.54. The lowest BCUT2D eigenvalue weighted by atomic mass is 10.1. The van der Waals surface area contributed by atoms with Gasteiger partial charge >= 0.3 is 5.97 Å². The Hall–Kier alpha value is -1.56. The summed E-state index contributed by atoms with van der Waals surface area (Å²) in [4.78, 5) is 24.5. The Bertz CT molecular complexity index is 520. The minimum Gasteiger partial charge on any atom is -0.492 e. The van der Waals surface area contributed by atoms with Gasteiger partial charge < -0.3 is 14.7 Å². The molecule has 0 radical (unpaired) electrons. The van der Waals surface area contributed by atoms with Crippen LogP contribution < -0.4 is 4.74 Å². The van der Waals surface area contributed by atoms with Crippen LogP contribution in [0.1, 0.15) is 19.3 Å². The van der Waals surface area contributed by atoms with Gasteiger partial charge in [-0.3, -0.25) is 9.59 Å². The maximum atomic E-state index is 12.0. The smallest absolute Gasteiger partial charge is 0.308 e. The van der Waals surface area contributed by atoms with E-state index in [-0.39, 0.29) is 5.91 Å². The van der Waals surface area contributed by atoms with E-state index in [4.69, 9.17) is 9.84 Å². The van der Waals surface area contributed by atoms with Crippen LogP contribution in [0.3, 0.4) is 0 Å². The van der Waals surface area contributed by atoms with Crippen molar-refractivity contribution < 1.29 is 19.4 Å². The first-order chi connectivity index (χ1) is 10.1. The molecule has 1 fully saturated rings. The minimum atomic E-state index is -0.817. The second-order valence-electron chi connectivity index (χ2n) is 5.05. The number of hydrogen-bond donors (Lipinski definition) is 1. The highest BCUT2D eigenvalue weighted by Gasteiger charge is 2.30. The zero-order chi connectivity index (χ0) is 15.2. The van der Waals surface area contributed by atoms with Gasteiger partial charge in [0.1, 0.15) is 5.75 Å². The number of carboxylic acids is 1. The number of amides is 1. The molecular weight excluding hydrogens is 338 g/mol. The quantitative estimate of drug-likeness (QED) is 0.796. The zero-order valence-corrected chi connectivity index (χ0v) is 13.2. The number of carboxylic acid groups (broad SMARTS) is 1. The zero-order valence-electron chi connectivity index (χ0n) is 11.6. The van der Waals surface area contributed by atoms with E-state index in [0.717, 1.165) is 10.2 Å². The number of carbonyl (C=O) groups is 2. The van der Waals surface area contributed by atoms with Gasteiger partial charge in [0.2, 0.25) is 5.91 Å². The van der Waals surface area contributed by atoms with Gasteiger partial charge in [0.05, 0.1) is 17.0 Å². The minimum absolute atomic E-state index is 0.00878. The Balaban J connectivity index is 1.68. The number of halogens is 1. The second-order valence-corrected chi connectivity index (χ2v) is 5.90. The maximum Gasteiger partial charge on any atom is 0.308 e. The number of nitrogens with zero attached hydrogens (tertiary/aromatic N) is 1. The van der Waals surface area contributed by atoms with E-state index >= 15 is 0 Å². The summed E-state index contributed by atoms with van der Waals surface area (Å²) in [5, 5.41) is 8.92. The molecule has 0 aromatic heterocycles. The molecule has 0 spiro atoms. The summed E-state index contributed by atoms with van der Waals surface area (Å²) in [6.07, 6.45) is 1.56. The fraction of sp³-hybridized carbons (Fsp3) is 0.467. The van der Waals surface area contributed by atoms with Crippen molar-refractivity contribution in [2.45, 2.75) is 19.3 Å². The molecule has 0 unspecified atom stereocenters. The average Bonchev–Trinajstić information content (AvgIpc) is 2.95. The van der Waals surface area contributed by atoms with Crippen LogP contribution in [0.4, 0.5) is 0 Å². The van der Waals surface area contributed by atoms with Crippen LogP contribution in [0.15, 0.2) is 28.7 Å². The highest BCUT2D eigenvalue weighted by Crippen LogP contribution is 2.24. The third-order valence-electron chi connectivity index (χ3n) is 3.52. The monoisotopic (exact) mass is 355 g/mol. The van der Waals surface area contributed by atoms with E-state index in [1.54, 1.807) is 4.90 Å². The normalized spacial score (nSPS) is 17.8. The number of rotatable bonds is 6. The molecular formula is C15H18BrNO4. The first-order valence-corrected chi connectivity index (χ1v) is 7.75. The molecule has 6 heteroatoms. The predicted molar refractivity (Wildman–Crippen MR) is 81.2 cm³/mol. The fourth-order valence-electron chi connectivity index (χ4n) is 2.31. The molecule has 1 aliphatic heterocycles. The lowest BCUT2D eigenvalue weighted by molar-refractivity contribution is -0.141. The number of likely N-dealkylation sites (tertiary alicyclic amines) is 1. The summed E-state index contributed by atoms with van der Waals surface area (Å²) in [6.45, 7) is 1.34. The lowest BCUT2D eigenvalue weighted by Crippen LogP contribution is -2.30. The van der Waals surface area contributed by atoms with Crippen LogP contribution in [0.2, 0.25) is 0 Å². The van der Waals surface area contributed by atoms with Gasteiger partial charge in [-0.15, -0.1) is 0 Å². The summed E-state index contributed by atoms with van der Waals surface area (Å²) in [5.74, 6) is -0.459. The lowest BCUT2D eigenvalue weighted by Gasteiger charge is -2.15. The topological polar surface area (TPSA) is 66.8 Å². The van der Waals surface area contributed by atoms with Crippen molar-refractivity contribution in [3.8, 4) is 5.75 Å². The van der Waals surface area contributed by atoms with Gasteiger partial charge in [-0.2, -0.15) is 0 Å². The molecule has 1 N–H and O–H groups in total. The van der Waals surface area contributed by atoms with Gasteiger partial charge in [0.15, 0.2) is 0 Å². The molecule has 5 nitrogen and oxygen atoms in total. The highest BCUT2D eigenvalue weighted by molar-refractivity contribution is 9.10. The molecule has 0 aliphatic carbocycles. The third-order valence-corrected chi connectivity index (χ3v) is 4.17. The Kier molecular flexibility index (Phi) is 5.61. The fourth-order valence-corrected chi connectivity index (χ4v) is 2.71. The van der Waals surface area contributed by atoms with Crippen LogP contribution in [0.5, 0.6) is 5.75 Å². The Morgan fingerprint density at radius 2 is 2.14 bits per heavy atom. The summed E-state index contributed by atoms with van der Waals surface area (Å²) in [5.41, 5.74) is 0. The Morgan fingerprint density at radius 3 is 2.81 bits per heavy atom. The van der Waals surface area contributed by atoms with Crippen molar-refractivity contribution in [3.63, 3.8) is 0 Å². The number of aliphatic carboxylic acids is 1. The van der Waals surface area contributed by atoms with Crippen molar-refractivity contribution in [1.29, 1.82) is 0 Å². The van der Waals surface area contributed by atoms with E-state index in [1.807, 2.05) is 24.3 Å². The van der Waals surface area contributed by atoms with Gasteiger partial charge in [0.25, 0.3) is 0 Å². The van der Waals surface area contributed by atoms with E-state index in [9.17, 15) is 9.59 Å². The molecule has 0 bridgehead atoms. The molecule has 2 rings (SSSR count). The molecule has 21 heavy (non-hydrogen) atoms. The van der Waals surface area contributed by atoms with Gasteiger partial charge in [-0.05, 0) is 40.9 Å². The number of benzene rings is 1.